The first-order valence-electron chi connectivity index (χ1n) is 14.8. The standard InChI is InChI=1S/C34H41NO3/c1-23(37)34(16-6-20-36)17-15-31-29-13-9-25-21-27(38)12-14-28(25)32(29)30(22-33(31,34)2)24-7-10-26(11-8-24)35-18-4-3-5-19-35/h7-8,10-11,21,29-31,36H,3-5,9,12-15,17-20,22H2,1-2H3/t29-,30?,31-,33-,34+/m0/s1. The lowest BCUT2D eigenvalue weighted by Gasteiger charge is -2.54. The number of hydrogen-bond acceptors (Lipinski definition) is 4. The third kappa shape index (κ3) is 3.92. The molecule has 0 radical (unpaired) electrons. The van der Waals surface area contributed by atoms with Gasteiger partial charge in [0.05, 0.1) is 5.41 Å². The summed E-state index contributed by atoms with van der Waals surface area (Å²) >= 11 is 0. The predicted molar refractivity (Wildman–Crippen MR) is 151 cm³/mol. The van der Waals surface area contributed by atoms with Gasteiger partial charge in [-0.25, -0.2) is 0 Å². The number of aliphatic hydroxyl groups excluding tert-OH is 1. The van der Waals surface area contributed by atoms with Crippen LogP contribution in [0, 0.1) is 34.5 Å². The maximum atomic E-state index is 13.4. The minimum absolute atomic E-state index is 0.151. The van der Waals surface area contributed by atoms with Crippen molar-refractivity contribution in [1.82, 2.24) is 0 Å². The molecule has 5 aliphatic rings. The Morgan fingerprint density at radius 2 is 1.84 bits per heavy atom. The molecule has 2 saturated carbocycles. The number of anilines is 1. The topological polar surface area (TPSA) is 57.6 Å². The summed E-state index contributed by atoms with van der Waals surface area (Å²) in [5.41, 5.74) is 5.94. The van der Waals surface area contributed by atoms with Crippen LogP contribution in [0.2, 0.25) is 0 Å². The van der Waals surface area contributed by atoms with Gasteiger partial charge in [0.15, 0.2) is 5.78 Å². The quantitative estimate of drug-likeness (QED) is 0.495. The highest BCUT2D eigenvalue weighted by atomic mass is 16.2. The van der Waals surface area contributed by atoms with Crippen molar-refractivity contribution in [2.75, 3.05) is 24.6 Å². The Balaban J connectivity index is 1.47. The molecule has 0 spiro atoms. The third-order valence-electron chi connectivity index (χ3n) is 10.9. The monoisotopic (exact) mass is 511 g/mol. The van der Waals surface area contributed by atoms with Crippen molar-refractivity contribution in [3.05, 3.63) is 52.6 Å². The van der Waals surface area contributed by atoms with Crippen LogP contribution < -0.4 is 4.90 Å². The maximum absolute atomic E-state index is 13.4. The van der Waals surface area contributed by atoms with Crippen LogP contribution in [0.1, 0.15) is 89.5 Å². The summed E-state index contributed by atoms with van der Waals surface area (Å²) in [4.78, 5) is 28.2. The highest BCUT2D eigenvalue weighted by molar-refractivity contribution is 5.93. The van der Waals surface area contributed by atoms with Crippen LogP contribution in [0.25, 0.3) is 0 Å². The number of hydrogen-bond donors (Lipinski definition) is 1. The van der Waals surface area contributed by atoms with Crippen molar-refractivity contribution in [2.24, 2.45) is 22.7 Å². The summed E-state index contributed by atoms with van der Waals surface area (Å²) in [5.74, 6) is 7.69. The van der Waals surface area contributed by atoms with Crippen LogP contribution in [0.5, 0.6) is 0 Å². The third-order valence-corrected chi connectivity index (χ3v) is 10.9. The second-order valence-electron chi connectivity index (χ2n) is 12.6. The number of aliphatic hydroxyl groups is 1. The number of rotatable bonds is 3. The van der Waals surface area contributed by atoms with Gasteiger partial charge in [0.1, 0.15) is 12.4 Å². The van der Waals surface area contributed by atoms with Crippen molar-refractivity contribution in [1.29, 1.82) is 0 Å². The van der Waals surface area contributed by atoms with Crippen molar-refractivity contribution in [3.63, 3.8) is 0 Å². The van der Waals surface area contributed by atoms with Crippen LogP contribution >= 0.6 is 0 Å². The van der Waals surface area contributed by atoms with Gasteiger partial charge in [-0.3, -0.25) is 9.59 Å². The summed E-state index contributed by atoms with van der Waals surface area (Å²) in [6.45, 7) is 6.09. The SMILES string of the molecule is CC(=O)[C@@]1(C#CCO)CC[C@H]2[C@@H]3CCC4=CC(=O)CCC4=C3C(c3ccc(N4CCCCC4)cc3)C[C@@]21C. The number of ketones is 2. The Bertz CT molecular complexity index is 1250. The summed E-state index contributed by atoms with van der Waals surface area (Å²) < 4.78 is 0. The summed E-state index contributed by atoms with van der Waals surface area (Å²) in [7, 11) is 0. The van der Waals surface area contributed by atoms with Crippen LogP contribution in [0.4, 0.5) is 5.69 Å². The van der Waals surface area contributed by atoms with Gasteiger partial charge in [-0.2, -0.15) is 0 Å². The summed E-state index contributed by atoms with van der Waals surface area (Å²) in [6.07, 6.45) is 11.9. The number of fused-ring (bicyclic) bond motifs is 4. The minimum atomic E-state index is -0.707. The van der Waals surface area contributed by atoms with Crippen LogP contribution in [0.15, 0.2) is 47.1 Å². The Morgan fingerprint density at radius 1 is 1.08 bits per heavy atom. The van der Waals surface area contributed by atoms with E-state index >= 15 is 0 Å². The van der Waals surface area contributed by atoms with E-state index in [1.54, 1.807) is 12.5 Å². The predicted octanol–water partition coefficient (Wildman–Crippen LogP) is 6.15. The molecule has 1 heterocycles. The lowest BCUT2D eigenvalue weighted by atomic mass is 9.48. The van der Waals surface area contributed by atoms with Gasteiger partial charge in [0.25, 0.3) is 0 Å². The first-order valence-corrected chi connectivity index (χ1v) is 14.8. The molecule has 1 saturated heterocycles. The Labute approximate surface area is 227 Å². The van der Waals surface area contributed by atoms with Gasteiger partial charge >= 0.3 is 0 Å². The molecule has 0 amide bonds. The Hall–Kier alpha value is -2.64. The van der Waals surface area contributed by atoms with E-state index in [-0.39, 0.29) is 29.5 Å². The van der Waals surface area contributed by atoms with Gasteiger partial charge in [0.2, 0.25) is 0 Å². The summed E-state index contributed by atoms with van der Waals surface area (Å²) in [5, 5.41) is 9.57. The van der Waals surface area contributed by atoms with Gasteiger partial charge in [-0.1, -0.05) is 36.5 Å². The molecular weight excluding hydrogens is 470 g/mol. The fourth-order valence-electron chi connectivity index (χ4n) is 9.12. The number of allylic oxidation sites excluding steroid dienone is 4. The fraction of sp³-hybridized carbons (Fsp3) is 0.588. The van der Waals surface area contributed by atoms with Crippen LogP contribution in [-0.2, 0) is 9.59 Å². The van der Waals surface area contributed by atoms with E-state index in [9.17, 15) is 14.7 Å². The average molecular weight is 512 g/mol. The zero-order chi connectivity index (χ0) is 26.5. The largest absolute Gasteiger partial charge is 0.384 e. The molecule has 4 heteroatoms. The van der Waals surface area contributed by atoms with Gasteiger partial charge < -0.3 is 10.0 Å². The van der Waals surface area contributed by atoms with Crippen LogP contribution in [0.3, 0.4) is 0 Å². The van der Waals surface area contributed by atoms with E-state index in [0.29, 0.717) is 18.3 Å². The lowest BCUT2D eigenvalue weighted by Crippen LogP contribution is -2.50. The molecule has 3 fully saturated rings. The molecule has 6 rings (SSSR count). The van der Waals surface area contributed by atoms with E-state index in [1.807, 2.05) is 6.08 Å². The number of benzene rings is 1. The zero-order valence-electron chi connectivity index (χ0n) is 23.0. The molecule has 1 N–H and O–H groups in total. The smallest absolute Gasteiger partial charge is 0.156 e. The molecule has 1 unspecified atom stereocenters. The van der Waals surface area contributed by atoms with E-state index in [0.717, 1.165) is 51.6 Å². The van der Waals surface area contributed by atoms with Gasteiger partial charge in [0, 0.05) is 31.1 Å². The van der Waals surface area contributed by atoms with E-state index in [2.05, 4.69) is 47.9 Å². The normalized spacial score (nSPS) is 34.5. The van der Waals surface area contributed by atoms with Gasteiger partial charge in [-0.15, -0.1) is 0 Å². The van der Waals surface area contributed by atoms with Crippen molar-refractivity contribution in [2.45, 2.75) is 84.0 Å². The molecular formula is C34H41NO3. The molecule has 1 aromatic rings. The Morgan fingerprint density at radius 3 is 2.55 bits per heavy atom. The molecule has 38 heavy (non-hydrogen) atoms. The molecule has 200 valence electrons. The van der Waals surface area contributed by atoms with Crippen molar-refractivity contribution < 1.29 is 14.7 Å². The lowest BCUT2D eigenvalue weighted by molar-refractivity contribution is -0.130. The molecule has 0 bridgehead atoms. The summed E-state index contributed by atoms with van der Waals surface area (Å²) in [6, 6.07) is 9.27. The van der Waals surface area contributed by atoms with Crippen molar-refractivity contribution in [3.8, 4) is 11.8 Å². The fourth-order valence-corrected chi connectivity index (χ4v) is 9.12. The zero-order valence-corrected chi connectivity index (χ0v) is 23.0. The maximum Gasteiger partial charge on any atom is 0.156 e. The highest BCUT2D eigenvalue weighted by Gasteiger charge is 2.64. The van der Waals surface area contributed by atoms with E-state index in [1.165, 1.54) is 41.7 Å². The number of carbonyl (C=O) groups is 2. The molecule has 0 aromatic heterocycles. The van der Waals surface area contributed by atoms with Crippen LogP contribution in [-0.4, -0.2) is 36.4 Å². The second kappa shape index (κ2) is 9.83. The van der Waals surface area contributed by atoms with Gasteiger partial charge in [-0.05, 0) is 117 Å². The average Bonchev–Trinajstić information content (AvgIpc) is 3.24. The highest BCUT2D eigenvalue weighted by Crippen LogP contribution is 2.69. The number of nitrogens with zero attached hydrogens (tertiary/aromatic N) is 1. The van der Waals surface area contributed by atoms with Crippen molar-refractivity contribution >= 4 is 17.3 Å². The first kappa shape index (κ1) is 25.6. The number of carbonyl (C=O) groups excluding carboxylic acids is 2. The number of Topliss-reactive ketones (excluding diaryl/α,β-unsaturated/α-hetero) is 1. The second-order valence-corrected chi connectivity index (χ2v) is 12.6. The van der Waals surface area contributed by atoms with E-state index < -0.39 is 5.41 Å². The Kier molecular flexibility index (Phi) is 6.63. The molecule has 1 aliphatic heterocycles. The van der Waals surface area contributed by atoms with E-state index in [4.69, 9.17) is 0 Å². The first-order chi connectivity index (χ1) is 18.4. The molecule has 5 atom stereocenters. The molecule has 1 aromatic carbocycles. The minimum Gasteiger partial charge on any atom is -0.384 e. The molecule has 4 aliphatic carbocycles. The molecule has 4 nitrogen and oxygen atoms in total. The number of piperidine rings is 1.